The summed E-state index contributed by atoms with van der Waals surface area (Å²) in [6, 6.07) is 3.01. The Balaban J connectivity index is 2.73. The fourth-order valence-corrected chi connectivity index (χ4v) is 1.08. The zero-order chi connectivity index (χ0) is 11.3. The summed E-state index contributed by atoms with van der Waals surface area (Å²) in [7, 11) is 1.48. The highest BCUT2D eigenvalue weighted by Crippen LogP contribution is 2.19. The van der Waals surface area contributed by atoms with Crippen molar-refractivity contribution in [2.45, 2.75) is 6.10 Å². The Morgan fingerprint density at radius 3 is 2.73 bits per heavy atom. The first-order chi connectivity index (χ1) is 7.17. The summed E-state index contributed by atoms with van der Waals surface area (Å²) >= 11 is 0. The molecule has 1 unspecified atom stereocenters. The molecule has 0 heterocycles. The number of methoxy groups -OCH3 is 1. The minimum Gasteiger partial charge on any atom is -0.484 e. The third-order valence-electron chi connectivity index (χ3n) is 1.80. The van der Waals surface area contributed by atoms with Crippen LogP contribution < -0.4 is 10.5 Å². The molecular formula is C10H13F2NO2. The van der Waals surface area contributed by atoms with Gasteiger partial charge in [0, 0.05) is 19.7 Å². The van der Waals surface area contributed by atoms with Crippen LogP contribution in [0.3, 0.4) is 0 Å². The molecule has 3 nitrogen and oxygen atoms in total. The van der Waals surface area contributed by atoms with Crippen molar-refractivity contribution in [2.75, 3.05) is 20.3 Å². The molecule has 1 rings (SSSR count). The number of hydrogen-bond acceptors (Lipinski definition) is 3. The predicted octanol–water partition coefficient (Wildman–Crippen LogP) is 1.32. The monoisotopic (exact) mass is 217 g/mol. The molecule has 1 atom stereocenters. The fraction of sp³-hybridized carbons (Fsp3) is 0.400. The van der Waals surface area contributed by atoms with E-state index in [1.165, 1.54) is 7.11 Å². The van der Waals surface area contributed by atoms with Crippen molar-refractivity contribution in [3.63, 3.8) is 0 Å². The first-order valence-electron chi connectivity index (χ1n) is 4.48. The molecule has 0 saturated carbocycles. The lowest BCUT2D eigenvalue weighted by atomic mass is 10.3. The van der Waals surface area contributed by atoms with Crippen molar-refractivity contribution in [3.05, 3.63) is 29.8 Å². The lowest BCUT2D eigenvalue weighted by Crippen LogP contribution is -2.31. The van der Waals surface area contributed by atoms with Gasteiger partial charge in [0.05, 0.1) is 6.61 Å². The second-order valence-corrected chi connectivity index (χ2v) is 3.01. The molecule has 0 amide bonds. The van der Waals surface area contributed by atoms with Gasteiger partial charge in [-0.2, -0.15) is 0 Å². The molecule has 5 heteroatoms. The molecule has 0 aliphatic heterocycles. The molecule has 0 bridgehead atoms. The Labute approximate surface area is 86.8 Å². The summed E-state index contributed by atoms with van der Waals surface area (Å²) in [6.07, 6.45) is -0.480. The van der Waals surface area contributed by atoms with Crippen LogP contribution in [0.15, 0.2) is 18.2 Å². The maximum atomic E-state index is 13.1. The van der Waals surface area contributed by atoms with Crippen LogP contribution in [0.5, 0.6) is 5.75 Å². The van der Waals surface area contributed by atoms with Crippen LogP contribution in [-0.4, -0.2) is 26.4 Å². The lowest BCUT2D eigenvalue weighted by Gasteiger charge is -2.16. The number of benzene rings is 1. The van der Waals surface area contributed by atoms with E-state index in [2.05, 4.69) is 0 Å². The van der Waals surface area contributed by atoms with Gasteiger partial charge in [0.2, 0.25) is 0 Å². The third kappa shape index (κ3) is 3.45. The van der Waals surface area contributed by atoms with E-state index in [0.717, 1.165) is 18.2 Å². The van der Waals surface area contributed by atoms with E-state index in [0.29, 0.717) is 0 Å². The molecule has 0 radical (unpaired) electrons. The van der Waals surface area contributed by atoms with Crippen LogP contribution in [0, 0.1) is 11.6 Å². The average Bonchev–Trinajstić information content (AvgIpc) is 2.22. The molecule has 84 valence electrons. The van der Waals surface area contributed by atoms with Gasteiger partial charge in [0.25, 0.3) is 0 Å². The SMILES string of the molecule is COCC(CN)Oc1cc(F)ccc1F. The summed E-state index contributed by atoms with van der Waals surface area (Å²) in [5.74, 6) is -1.33. The minimum atomic E-state index is -0.619. The quantitative estimate of drug-likeness (QED) is 0.808. The highest BCUT2D eigenvalue weighted by Gasteiger charge is 2.12. The van der Waals surface area contributed by atoms with Crippen LogP contribution in [0.2, 0.25) is 0 Å². The van der Waals surface area contributed by atoms with E-state index in [1.54, 1.807) is 0 Å². The van der Waals surface area contributed by atoms with Crippen molar-refractivity contribution in [1.29, 1.82) is 0 Å². The van der Waals surface area contributed by atoms with Crippen molar-refractivity contribution in [1.82, 2.24) is 0 Å². The lowest BCUT2D eigenvalue weighted by molar-refractivity contribution is 0.0830. The number of nitrogens with two attached hydrogens (primary N) is 1. The van der Waals surface area contributed by atoms with Gasteiger partial charge < -0.3 is 15.2 Å². The van der Waals surface area contributed by atoms with Crippen molar-refractivity contribution >= 4 is 0 Å². The standard InChI is InChI=1S/C10H13F2NO2/c1-14-6-8(5-13)15-10-4-7(11)2-3-9(10)12/h2-4,8H,5-6,13H2,1H3. The van der Waals surface area contributed by atoms with E-state index < -0.39 is 17.7 Å². The van der Waals surface area contributed by atoms with Crippen LogP contribution in [-0.2, 0) is 4.74 Å². The number of hydrogen-bond donors (Lipinski definition) is 1. The van der Waals surface area contributed by atoms with Crippen LogP contribution in [0.4, 0.5) is 8.78 Å². The molecule has 1 aromatic carbocycles. The van der Waals surface area contributed by atoms with E-state index in [1.807, 2.05) is 0 Å². The second-order valence-electron chi connectivity index (χ2n) is 3.01. The van der Waals surface area contributed by atoms with Crippen molar-refractivity contribution in [2.24, 2.45) is 5.73 Å². The van der Waals surface area contributed by atoms with Crippen LogP contribution in [0.1, 0.15) is 0 Å². The number of ether oxygens (including phenoxy) is 2. The van der Waals surface area contributed by atoms with E-state index in [-0.39, 0.29) is 18.9 Å². The fourth-order valence-electron chi connectivity index (χ4n) is 1.08. The van der Waals surface area contributed by atoms with Gasteiger partial charge in [-0.05, 0) is 12.1 Å². The molecule has 0 aliphatic carbocycles. The van der Waals surface area contributed by atoms with Crippen molar-refractivity contribution in [3.8, 4) is 5.75 Å². The molecule has 2 N–H and O–H groups in total. The molecule has 0 spiro atoms. The first kappa shape index (κ1) is 11.9. The van der Waals surface area contributed by atoms with Crippen LogP contribution >= 0.6 is 0 Å². The topological polar surface area (TPSA) is 44.5 Å². The van der Waals surface area contributed by atoms with E-state index >= 15 is 0 Å². The van der Waals surface area contributed by atoms with Gasteiger partial charge in [-0.3, -0.25) is 0 Å². The molecule has 0 aromatic heterocycles. The summed E-state index contributed by atoms with van der Waals surface area (Å²) in [5, 5.41) is 0. The first-order valence-corrected chi connectivity index (χ1v) is 4.48. The van der Waals surface area contributed by atoms with Gasteiger partial charge in [0.1, 0.15) is 11.9 Å². The Morgan fingerprint density at radius 1 is 1.40 bits per heavy atom. The molecule has 0 saturated heterocycles. The molecule has 1 aromatic rings. The Morgan fingerprint density at radius 2 is 2.13 bits per heavy atom. The highest BCUT2D eigenvalue weighted by molar-refractivity contribution is 5.25. The molecule has 15 heavy (non-hydrogen) atoms. The van der Waals surface area contributed by atoms with Gasteiger partial charge in [-0.1, -0.05) is 0 Å². The Bertz CT molecular complexity index is 320. The summed E-state index contributed by atoms with van der Waals surface area (Å²) in [4.78, 5) is 0. The summed E-state index contributed by atoms with van der Waals surface area (Å²) in [5.41, 5.74) is 5.37. The number of rotatable bonds is 5. The summed E-state index contributed by atoms with van der Waals surface area (Å²) in [6.45, 7) is 0.399. The number of halogens is 2. The summed E-state index contributed by atoms with van der Waals surface area (Å²) < 4.78 is 35.9. The van der Waals surface area contributed by atoms with Crippen LogP contribution in [0.25, 0.3) is 0 Å². The molecule has 0 aliphatic rings. The Hall–Kier alpha value is -1.20. The zero-order valence-electron chi connectivity index (χ0n) is 8.37. The van der Waals surface area contributed by atoms with Gasteiger partial charge in [-0.25, -0.2) is 8.78 Å². The molecular weight excluding hydrogens is 204 g/mol. The normalized spacial score (nSPS) is 12.5. The van der Waals surface area contributed by atoms with E-state index in [4.69, 9.17) is 15.2 Å². The van der Waals surface area contributed by atoms with Gasteiger partial charge in [-0.15, -0.1) is 0 Å². The predicted molar refractivity (Wildman–Crippen MR) is 51.7 cm³/mol. The maximum Gasteiger partial charge on any atom is 0.165 e. The largest absolute Gasteiger partial charge is 0.484 e. The van der Waals surface area contributed by atoms with Gasteiger partial charge >= 0.3 is 0 Å². The molecule has 0 fully saturated rings. The zero-order valence-corrected chi connectivity index (χ0v) is 8.37. The minimum absolute atomic E-state index is 0.150. The Kier molecular flexibility index (Phi) is 4.45. The van der Waals surface area contributed by atoms with Gasteiger partial charge in [0.15, 0.2) is 11.6 Å². The van der Waals surface area contributed by atoms with E-state index in [9.17, 15) is 8.78 Å². The van der Waals surface area contributed by atoms with Crippen molar-refractivity contribution < 1.29 is 18.3 Å². The third-order valence-corrected chi connectivity index (χ3v) is 1.80. The second kappa shape index (κ2) is 5.63. The smallest absolute Gasteiger partial charge is 0.165 e. The maximum absolute atomic E-state index is 13.1. The highest BCUT2D eigenvalue weighted by atomic mass is 19.1. The average molecular weight is 217 g/mol.